The Kier molecular flexibility index (Phi) is 0.944. The number of rotatable bonds is 1. The van der Waals surface area contributed by atoms with Gasteiger partial charge in [-0.05, 0) is 25.2 Å². The monoisotopic (exact) mass is 142 g/mol. The maximum atomic E-state index is 10.6. The van der Waals surface area contributed by atoms with Gasteiger partial charge in [0.25, 0.3) is 0 Å². The van der Waals surface area contributed by atoms with E-state index in [2.05, 4.69) is 0 Å². The highest BCUT2D eigenvalue weighted by Gasteiger charge is 2.61. The summed E-state index contributed by atoms with van der Waals surface area (Å²) < 4.78 is 0. The molecule has 3 rings (SSSR count). The normalized spacial score (nSPS) is 50.5. The van der Waals surface area contributed by atoms with Crippen LogP contribution < -0.4 is 0 Å². The Morgan fingerprint density at radius 1 is 1.50 bits per heavy atom. The van der Waals surface area contributed by atoms with E-state index in [1.54, 1.807) is 0 Å². The number of aliphatic hydroxyl groups excluding tert-OH is 1. The van der Waals surface area contributed by atoms with Crippen molar-refractivity contribution >= 4 is 5.97 Å². The van der Waals surface area contributed by atoms with Gasteiger partial charge in [0.05, 0.1) is 11.5 Å². The van der Waals surface area contributed by atoms with Gasteiger partial charge in [0, 0.05) is 0 Å². The Morgan fingerprint density at radius 3 is 2.30 bits per heavy atom. The minimum atomic E-state index is -0.811. The van der Waals surface area contributed by atoms with E-state index in [1.165, 1.54) is 0 Å². The van der Waals surface area contributed by atoms with Crippen molar-refractivity contribution in [1.29, 1.82) is 0 Å². The molecule has 2 N–H and O–H groups in total. The Labute approximate surface area is 58.7 Å². The van der Waals surface area contributed by atoms with Crippen molar-refractivity contribution in [2.45, 2.75) is 25.4 Å². The molecule has 0 heterocycles. The van der Waals surface area contributed by atoms with Gasteiger partial charge >= 0.3 is 5.97 Å². The molecule has 3 saturated carbocycles. The minimum Gasteiger partial charge on any atom is -0.481 e. The molecule has 0 saturated heterocycles. The van der Waals surface area contributed by atoms with Gasteiger partial charge in [-0.1, -0.05) is 0 Å². The molecule has 0 aromatic carbocycles. The zero-order valence-electron chi connectivity index (χ0n) is 5.58. The van der Waals surface area contributed by atoms with Crippen LogP contribution in [0.4, 0.5) is 0 Å². The van der Waals surface area contributed by atoms with Gasteiger partial charge in [-0.2, -0.15) is 0 Å². The van der Waals surface area contributed by atoms with E-state index < -0.39 is 17.5 Å². The number of hydrogen-bond acceptors (Lipinski definition) is 2. The van der Waals surface area contributed by atoms with E-state index in [0.29, 0.717) is 25.2 Å². The predicted octanol–water partition coefficient (Wildman–Crippen LogP) is 0.232. The molecule has 10 heavy (non-hydrogen) atoms. The van der Waals surface area contributed by atoms with Crippen molar-refractivity contribution in [2.75, 3.05) is 0 Å². The second-order valence-electron chi connectivity index (χ2n) is 3.49. The fourth-order valence-electron chi connectivity index (χ4n) is 2.27. The van der Waals surface area contributed by atoms with Crippen molar-refractivity contribution in [3.8, 4) is 0 Å². The Morgan fingerprint density at radius 2 is 2.10 bits per heavy atom. The Bertz CT molecular complexity index is 181. The smallest absolute Gasteiger partial charge is 0.312 e. The van der Waals surface area contributed by atoms with Crippen LogP contribution in [0.5, 0.6) is 0 Å². The number of carboxylic acids is 1. The van der Waals surface area contributed by atoms with E-state index in [0.717, 1.165) is 0 Å². The first kappa shape index (κ1) is 6.16. The first-order valence-electron chi connectivity index (χ1n) is 3.56. The predicted molar refractivity (Wildman–Crippen MR) is 33.4 cm³/mol. The Hall–Kier alpha value is -0.570. The standard InChI is InChI=1S/C7H10O3/c8-5-1-4-2-7(5,3-4)6(9)10/h4-5,8H,1-3H2,(H,9,10)/t4?,5-,7?/m1/s1. The number of carbonyl (C=O) groups is 1. The summed E-state index contributed by atoms with van der Waals surface area (Å²) in [6, 6.07) is 0. The summed E-state index contributed by atoms with van der Waals surface area (Å²) in [4.78, 5) is 10.6. The summed E-state index contributed by atoms with van der Waals surface area (Å²) >= 11 is 0. The van der Waals surface area contributed by atoms with Crippen molar-refractivity contribution in [2.24, 2.45) is 11.3 Å². The van der Waals surface area contributed by atoms with E-state index in [9.17, 15) is 9.90 Å². The van der Waals surface area contributed by atoms with Gasteiger partial charge in [0.1, 0.15) is 0 Å². The van der Waals surface area contributed by atoms with Crippen LogP contribution in [-0.4, -0.2) is 22.3 Å². The van der Waals surface area contributed by atoms with Crippen molar-refractivity contribution in [3.05, 3.63) is 0 Å². The third-order valence-electron chi connectivity index (χ3n) is 2.93. The van der Waals surface area contributed by atoms with Crippen LogP contribution in [0.3, 0.4) is 0 Å². The molecule has 0 aromatic rings. The number of fused-ring (bicyclic) bond motifs is 1. The molecule has 0 amide bonds. The van der Waals surface area contributed by atoms with E-state index in [-0.39, 0.29) is 0 Å². The highest BCUT2D eigenvalue weighted by atomic mass is 16.4. The van der Waals surface area contributed by atoms with Crippen LogP contribution in [0.2, 0.25) is 0 Å². The molecular formula is C7H10O3. The first-order valence-corrected chi connectivity index (χ1v) is 3.56. The molecule has 56 valence electrons. The molecule has 3 fully saturated rings. The number of aliphatic carboxylic acids is 1. The number of carboxylic acid groups (broad SMARTS) is 1. The molecule has 0 aromatic heterocycles. The third kappa shape index (κ3) is 0.475. The largest absolute Gasteiger partial charge is 0.481 e. The summed E-state index contributed by atoms with van der Waals surface area (Å²) in [5.41, 5.74) is -0.731. The van der Waals surface area contributed by atoms with Gasteiger partial charge < -0.3 is 10.2 Å². The summed E-state index contributed by atoms with van der Waals surface area (Å²) in [5.74, 6) is -0.320. The van der Waals surface area contributed by atoms with E-state index in [4.69, 9.17) is 5.11 Å². The van der Waals surface area contributed by atoms with Crippen LogP contribution in [0.1, 0.15) is 19.3 Å². The fourth-order valence-corrected chi connectivity index (χ4v) is 2.27. The minimum absolute atomic E-state index is 0.492. The SMILES string of the molecule is O=C(O)C12CC(C[C@H]1O)C2. The van der Waals surface area contributed by atoms with Crippen molar-refractivity contribution < 1.29 is 15.0 Å². The lowest BCUT2D eigenvalue weighted by molar-refractivity contribution is -0.159. The molecule has 3 aliphatic carbocycles. The third-order valence-corrected chi connectivity index (χ3v) is 2.93. The summed E-state index contributed by atoms with van der Waals surface area (Å²) in [6.07, 6.45) is 1.52. The lowest BCUT2D eigenvalue weighted by Crippen LogP contribution is -2.42. The molecule has 0 radical (unpaired) electrons. The lowest BCUT2D eigenvalue weighted by Gasteiger charge is -2.35. The Balaban J connectivity index is 2.25. The van der Waals surface area contributed by atoms with Crippen molar-refractivity contribution in [3.63, 3.8) is 0 Å². The quantitative estimate of drug-likeness (QED) is 0.551. The maximum absolute atomic E-state index is 10.6. The van der Waals surface area contributed by atoms with E-state index >= 15 is 0 Å². The van der Waals surface area contributed by atoms with E-state index in [1.807, 2.05) is 0 Å². The lowest BCUT2D eigenvalue weighted by atomic mass is 9.69. The summed E-state index contributed by atoms with van der Waals surface area (Å²) in [5, 5.41) is 18.0. The molecule has 1 atom stereocenters. The molecule has 3 heteroatoms. The zero-order valence-corrected chi connectivity index (χ0v) is 5.58. The molecule has 2 bridgehead atoms. The molecule has 0 unspecified atom stereocenters. The highest BCUT2D eigenvalue weighted by molar-refractivity contribution is 5.77. The van der Waals surface area contributed by atoms with Gasteiger partial charge in [-0.3, -0.25) is 4.79 Å². The van der Waals surface area contributed by atoms with Gasteiger partial charge in [-0.15, -0.1) is 0 Å². The second-order valence-corrected chi connectivity index (χ2v) is 3.49. The average molecular weight is 142 g/mol. The van der Waals surface area contributed by atoms with Crippen LogP contribution in [0.25, 0.3) is 0 Å². The first-order chi connectivity index (χ1) is 4.65. The topological polar surface area (TPSA) is 57.5 Å². The van der Waals surface area contributed by atoms with Gasteiger partial charge in [-0.25, -0.2) is 0 Å². The fraction of sp³-hybridized carbons (Fsp3) is 0.857. The molecular weight excluding hydrogens is 132 g/mol. The molecule has 0 spiro atoms. The van der Waals surface area contributed by atoms with Gasteiger partial charge in [0.15, 0.2) is 0 Å². The molecule has 3 nitrogen and oxygen atoms in total. The van der Waals surface area contributed by atoms with Gasteiger partial charge in [0.2, 0.25) is 0 Å². The summed E-state index contributed by atoms with van der Waals surface area (Å²) in [6.45, 7) is 0. The number of aliphatic hydroxyl groups is 1. The van der Waals surface area contributed by atoms with Crippen molar-refractivity contribution in [1.82, 2.24) is 0 Å². The van der Waals surface area contributed by atoms with Crippen LogP contribution in [-0.2, 0) is 4.79 Å². The molecule has 0 aliphatic heterocycles. The second kappa shape index (κ2) is 1.53. The van der Waals surface area contributed by atoms with Crippen LogP contribution >= 0.6 is 0 Å². The zero-order chi connectivity index (χ0) is 7.35. The van der Waals surface area contributed by atoms with Crippen LogP contribution in [0, 0.1) is 11.3 Å². The average Bonchev–Trinajstić information content (AvgIpc) is 2.15. The van der Waals surface area contributed by atoms with Crippen LogP contribution in [0.15, 0.2) is 0 Å². The maximum Gasteiger partial charge on any atom is 0.312 e. The summed E-state index contributed by atoms with van der Waals surface area (Å²) in [7, 11) is 0. The molecule has 3 aliphatic rings. The number of hydrogen-bond donors (Lipinski definition) is 2. The highest BCUT2D eigenvalue weighted by Crippen LogP contribution is 2.58.